The van der Waals surface area contributed by atoms with Gasteiger partial charge in [-0.1, -0.05) is 6.07 Å². The molecule has 0 unspecified atom stereocenters. The number of hydrogen-bond acceptors (Lipinski definition) is 4. The molecular weight excluding hydrogens is 270 g/mol. The van der Waals surface area contributed by atoms with Crippen molar-refractivity contribution in [1.29, 1.82) is 0 Å². The minimum Gasteiger partial charge on any atom is -0.383 e. The van der Waals surface area contributed by atoms with Crippen LogP contribution in [0.5, 0.6) is 0 Å². The van der Waals surface area contributed by atoms with E-state index in [1.54, 1.807) is 19.2 Å². The number of ether oxygens (including phenoxy) is 1. The Morgan fingerprint density at radius 2 is 2.24 bits per heavy atom. The molecule has 2 rings (SSSR count). The Balaban J connectivity index is 1.81. The lowest BCUT2D eigenvalue weighted by Gasteiger charge is -2.16. The van der Waals surface area contributed by atoms with Crippen LogP contribution in [0.1, 0.15) is 15.9 Å². The predicted octanol–water partition coefficient (Wildman–Crippen LogP) is 0.489. The molecule has 0 radical (unpaired) electrons. The second-order valence-electron chi connectivity index (χ2n) is 5.15. The van der Waals surface area contributed by atoms with Crippen molar-refractivity contribution in [3.05, 3.63) is 29.3 Å². The summed E-state index contributed by atoms with van der Waals surface area (Å²) < 4.78 is 5.00. The highest BCUT2D eigenvalue weighted by molar-refractivity contribution is 6.02. The Morgan fingerprint density at radius 1 is 1.43 bits per heavy atom. The molecule has 6 heteroatoms. The van der Waals surface area contributed by atoms with Gasteiger partial charge in [0.2, 0.25) is 5.91 Å². The van der Waals surface area contributed by atoms with Crippen LogP contribution < -0.4 is 10.6 Å². The number of likely N-dealkylation sites (N-methyl/N-ethyl adjacent to an activating group) is 1. The van der Waals surface area contributed by atoms with Gasteiger partial charge in [-0.05, 0) is 24.7 Å². The highest BCUT2D eigenvalue weighted by atomic mass is 16.5. The van der Waals surface area contributed by atoms with E-state index in [4.69, 9.17) is 4.74 Å². The summed E-state index contributed by atoms with van der Waals surface area (Å²) in [6.45, 7) is 2.84. The third-order valence-electron chi connectivity index (χ3n) is 3.45. The number of nitrogens with one attached hydrogen (secondary N) is 2. The highest BCUT2D eigenvalue weighted by Crippen LogP contribution is 2.23. The molecule has 0 aromatic heterocycles. The van der Waals surface area contributed by atoms with E-state index in [1.165, 1.54) is 0 Å². The first-order valence-electron chi connectivity index (χ1n) is 6.98. The summed E-state index contributed by atoms with van der Waals surface area (Å²) in [6.07, 6.45) is 0.390. The minimum atomic E-state index is -0.126. The molecule has 6 nitrogen and oxygen atoms in total. The molecule has 0 atom stereocenters. The largest absolute Gasteiger partial charge is 0.383 e. The Hall–Kier alpha value is -1.92. The first kappa shape index (κ1) is 15.5. The lowest BCUT2D eigenvalue weighted by Crippen LogP contribution is -2.34. The van der Waals surface area contributed by atoms with Crippen molar-refractivity contribution in [2.45, 2.75) is 6.42 Å². The monoisotopic (exact) mass is 291 g/mol. The average Bonchev–Trinajstić information content (AvgIpc) is 2.83. The fraction of sp³-hybridized carbons (Fsp3) is 0.467. The molecule has 1 aliphatic rings. The number of hydrogen-bond donors (Lipinski definition) is 2. The van der Waals surface area contributed by atoms with Crippen LogP contribution in [0.3, 0.4) is 0 Å². The lowest BCUT2D eigenvalue weighted by atomic mass is 10.1. The zero-order valence-electron chi connectivity index (χ0n) is 12.4. The summed E-state index contributed by atoms with van der Waals surface area (Å²) in [6, 6.07) is 5.31. The smallest absolute Gasteiger partial charge is 0.251 e. The topological polar surface area (TPSA) is 70.7 Å². The first-order valence-corrected chi connectivity index (χ1v) is 6.98. The zero-order chi connectivity index (χ0) is 15.2. The van der Waals surface area contributed by atoms with Crippen molar-refractivity contribution < 1.29 is 14.3 Å². The van der Waals surface area contributed by atoms with Crippen LogP contribution in [0.25, 0.3) is 0 Å². The van der Waals surface area contributed by atoms with Gasteiger partial charge in [0.05, 0.1) is 13.0 Å². The molecule has 1 aromatic rings. The molecule has 0 saturated carbocycles. The van der Waals surface area contributed by atoms with Gasteiger partial charge >= 0.3 is 0 Å². The van der Waals surface area contributed by atoms with Crippen LogP contribution in [-0.2, 0) is 16.0 Å². The fourth-order valence-electron chi connectivity index (χ4n) is 2.18. The molecule has 1 aromatic carbocycles. The van der Waals surface area contributed by atoms with Crippen molar-refractivity contribution in [1.82, 2.24) is 10.2 Å². The molecule has 21 heavy (non-hydrogen) atoms. The summed E-state index contributed by atoms with van der Waals surface area (Å²) in [7, 11) is 3.65. The Bertz CT molecular complexity index is 531. The van der Waals surface area contributed by atoms with Crippen molar-refractivity contribution in [2.75, 3.05) is 45.7 Å². The molecule has 0 saturated heterocycles. The maximum Gasteiger partial charge on any atom is 0.251 e. The summed E-state index contributed by atoms with van der Waals surface area (Å²) >= 11 is 0. The van der Waals surface area contributed by atoms with E-state index >= 15 is 0 Å². The number of benzene rings is 1. The summed E-state index contributed by atoms with van der Waals surface area (Å²) in [5.74, 6) is -0.151. The lowest BCUT2D eigenvalue weighted by molar-refractivity contribution is -0.115. The number of nitrogens with zero attached hydrogens (tertiary/aromatic N) is 1. The average molecular weight is 291 g/mol. The van der Waals surface area contributed by atoms with Gasteiger partial charge in [0.15, 0.2) is 0 Å². The molecule has 0 aliphatic carbocycles. The van der Waals surface area contributed by atoms with Gasteiger partial charge in [-0.2, -0.15) is 0 Å². The Morgan fingerprint density at radius 3 is 3.00 bits per heavy atom. The maximum absolute atomic E-state index is 12.1. The minimum absolute atomic E-state index is 0.0256. The van der Waals surface area contributed by atoms with E-state index in [2.05, 4.69) is 15.5 Å². The molecule has 2 N–H and O–H groups in total. The Labute approximate surface area is 124 Å². The van der Waals surface area contributed by atoms with E-state index in [9.17, 15) is 9.59 Å². The zero-order valence-corrected chi connectivity index (χ0v) is 12.4. The van der Waals surface area contributed by atoms with Gasteiger partial charge < -0.3 is 20.3 Å². The van der Waals surface area contributed by atoms with Crippen LogP contribution in [0.4, 0.5) is 5.69 Å². The summed E-state index contributed by atoms with van der Waals surface area (Å²) in [5, 5.41) is 5.62. The second-order valence-corrected chi connectivity index (χ2v) is 5.15. The van der Waals surface area contributed by atoms with Gasteiger partial charge in [0.25, 0.3) is 5.91 Å². The van der Waals surface area contributed by atoms with E-state index in [0.29, 0.717) is 25.1 Å². The van der Waals surface area contributed by atoms with Gasteiger partial charge in [0.1, 0.15) is 0 Å². The van der Waals surface area contributed by atoms with Crippen LogP contribution in [-0.4, -0.2) is 57.1 Å². The van der Waals surface area contributed by atoms with Crippen molar-refractivity contribution in [3.63, 3.8) is 0 Å². The molecule has 0 fully saturated rings. The fourth-order valence-corrected chi connectivity index (χ4v) is 2.18. The molecule has 1 aliphatic heterocycles. The van der Waals surface area contributed by atoms with E-state index in [0.717, 1.165) is 24.3 Å². The second kappa shape index (κ2) is 7.19. The van der Waals surface area contributed by atoms with Crippen molar-refractivity contribution >= 4 is 17.5 Å². The van der Waals surface area contributed by atoms with Crippen LogP contribution >= 0.6 is 0 Å². The molecule has 0 spiro atoms. The van der Waals surface area contributed by atoms with E-state index in [-0.39, 0.29) is 11.8 Å². The third-order valence-corrected chi connectivity index (χ3v) is 3.45. The van der Waals surface area contributed by atoms with E-state index in [1.807, 2.05) is 13.1 Å². The molecule has 114 valence electrons. The number of amides is 2. The standard InChI is InChI=1S/C15H21N3O3/c1-18(7-8-21-2)6-5-16-15(20)12-4-3-11-10-14(19)17-13(11)9-12/h3-4,9H,5-8,10H2,1-2H3,(H,16,20)(H,17,19). The normalized spacial score (nSPS) is 13.2. The van der Waals surface area contributed by atoms with E-state index < -0.39 is 0 Å². The summed E-state index contributed by atoms with van der Waals surface area (Å²) in [5.41, 5.74) is 2.25. The number of carbonyl (C=O) groups excluding carboxylic acids is 2. The first-order chi connectivity index (χ1) is 10.1. The van der Waals surface area contributed by atoms with Gasteiger partial charge in [-0.15, -0.1) is 0 Å². The molecule has 0 bridgehead atoms. The quantitative estimate of drug-likeness (QED) is 0.767. The van der Waals surface area contributed by atoms with Crippen LogP contribution in [0.2, 0.25) is 0 Å². The molecular formula is C15H21N3O3. The van der Waals surface area contributed by atoms with Crippen LogP contribution in [0, 0.1) is 0 Å². The molecule has 2 amide bonds. The number of anilines is 1. The molecule has 1 heterocycles. The Kier molecular flexibility index (Phi) is 5.30. The SMILES string of the molecule is COCCN(C)CCNC(=O)c1ccc2c(c1)NC(=O)C2. The number of fused-ring (bicyclic) bond motifs is 1. The van der Waals surface area contributed by atoms with Crippen molar-refractivity contribution in [3.8, 4) is 0 Å². The van der Waals surface area contributed by atoms with Gasteiger partial charge in [0, 0.05) is 38.0 Å². The highest BCUT2D eigenvalue weighted by Gasteiger charge is 2.18. The van der Waals surface area contributed by atoms with Gasteiger partial charge in [-0.3, -0.25) is 9.59 Å². The number of carbonyl (C=O) groups is 2. The summed E-state index contributed by atoms with van der Waals surface area (Å²) in [4.78, 5) is 25.4. The number of methoxy groups -OCH3 is 1. The number of rotatable bonds is 7. The third kappa shape index (κ3) is 4.27. The van der Waals surface area contributed by atoms with Crippen molar-refractivity contribution in [2.24, 2.45) is 0 Å². The van der Waals surface area contributed by atoms with Crippen LogP contribution in [0.15, 0.2) is 18.2 Å². The maximum atomic E-state index is 12.1. The predicted molar refractivity (Wildman–Crippen MR) is 80.5 cm³/mol. The van der Waals surface area contributed by atoms with Gasteiger partial charge in [-0.25, -0.2) is 0 Å².